The Morgan fingerprint density at radius 3 is 3.40 bits per heavy atom. The molecule has 2 heterocycles. The number of rotatable bonds is 0. The van der Waals surface area contributed by atoms with Crippen LogP contribution in [0.1, 0.15) is 0 Å². The normalized spacial score (nSPS) is 32.3. The molecule has 10 heavy (non-hydrogen) atoms. The summed E-state index contributed by atoms with van der Waals surface area (Å²) in [5.41, 5.74) is 0. The molecule has 0 bridgehead atoms. The van der Waals surface area contributed by atoms with Gasteiger partial charge in [0.2, 0.25) is 0 Å². The molecule has 6 heteroatoms. The Labute approximate surface area is 72.7 Å². The molecule has 3 nitrogen and oxygen atoms in total. The lowest BCUT2D eigenvalue weighted by Crippen LogP contribution is -1.95. The van der Waals surface area contributed by atoms with Gasteiger partial charge in [-0.25, -0.2) is 4.83 Å². The molecule has 2 aliphatic heterocycles. The highest BCUT2D eigenvalue weighted by atomic mass is 79.9. The number of hydrogen-bond acceptors (Lipinski definition) is 4. The smallest absolute Gasteiger partial charge is 0.129 e. The largest absolute Gasteiger partial charge is 0.228 e. The van der Waals surface area contributed by atoms with Crippen LogP contribution in [0.2, 0.25) is 0 Å². The monoisotopic (exact) mass is 237 g/mol. The topological polar surface area (TPSA) is 36.8 Å². The molecule has 0 aromatic rings. The molecular weight excluding hydrogens is 234 g/mol. The van der Waals surface area contributed by atoms with Crippen LogP contribution in [0.3, 0.4) is 0 Å². The van der Waals surface area contributed by atoms with Crippen molar-refractivity contribution < 1.29 is 0 Å². The molecule has 1 atom stereocenters. The molecule has 0 saturated carbocycles. The number of halogens is 1. The number of hydrogen-bond donors (Lipinski definition) is 2. The van der Waals surface area contributed by atoms with Gasteiger partial charge in [-0.1, -0.05) is 5.22 Å². The fourth-order valence-electron chi connectivity index (χ4n) is 0.693. The Hall–Kier alpha value is 0.0600. The van der Waals surface area contributed by atoms with E-state index in [9.17, 15) is 0 Å². The van der Waals surface area contributed by atoms with Crippen LogP contribution in [0.4, 0.5) is 0 Å². The second kappa shape index (κ2) is 2.60. The second-order valence-corrected chi connectivity index (χ2v) is 6.17. The summed E-state index contributed by atoms with van der Waals surface area (Å²) in [6.45, 7) is 0. The zero-order chi connectivity index (χ0) is 6.97. The van der Waals surface area contributed by atoms with Gasteiger partial charge in [-0.15, -0.1) is 14.4 Å². The molecule has 0 amide bonds. The van der Waals surface area contributed by atoms with E-state index in [2.05, 4.69) is 41.5 Å². The minimum atomic E-state index is -0.332. The fraction of sp³-hybridized carbons (Fsp3) is 0. The van der Waals surface area contributed by atoms with E-state index < -0.39 is 0 Å². The van der Waals surface area contributed by atoms with Gasteiger partial charge in [0.1, 0.15) is 5.03 Å². The van der Waals surface area contributed by atoms with Crippen molar-refractivity contribution in [1.29, 1.82) is 0 Å². The lowest BCUT2D eigenvalue weighted by Gasteiger charge is -2.08. The molecule has 1 N–H and O–H groups in total. The SMILES string of the molecule is Br[SH]1C=CC2=C1N=NNS2. The predicted octanol–water partition coefficient (Wildman–Crippen LogP) is 2.61. The van der Waals surface area contributed by atoms with E-state index in [0.717, 1.165) is 5.03 Å². The van der Waals surface area contributed by atoms with Crippen LogP contribution < -0.4 is 4.83 Å². The first-order valence-electron chi connectivity index (χ1n) is 2.58. The first-order chi connectivity index (χ1) is 4.88. The molecule has 0 fully saturated rings. The number of nitrogens with zero attached hydrogens (tertiary/aromatic N) is 2. The molecule has 0 spiro atoms. The third kappa shape index (κ3) is 0.998. The molecule has 0 aromatic carbocycles. The van der Waals surface area contributed by atoms with Crippen LogP contribution in [0, 0.1) is 0 Å². The maximum absolute atomic E-state index is 3.96. The Morgan fingerprint density at radius 2 is 2.60 bits per heavy atom. The maximum Gasteiger partial charge on any atom is 0.129 e. The van der Waals surface area contributed by atoms with Gasteiger partial charge in [0.05, 0.1) is 4.91 Å². The molecule has 1 unspecified atom stereocenters. The van der Waals surface area contributed by atoms with Gasteiger partial charge >= 0.3 is 0 Å². The van der Waals surface area contributed by atoms with Crippen LogP contribution in [0.15, 0.2) is 31.8 Å². The standard InChI is InChI=1S/C4H4BrN3S2/c5-10-2-1-3-4(10)6-7-8-9-3/h1-2,10H,(H,6,8). The third-order valence-corrected chi connectivity index (χ3v) is 4.86. The van der Waals surface area contributed by atoms with Gasteiger partial charge in [-0.3, -0.25) is 0 Å². The molecular formula is C4H4BrN3S2. The summed E-state index contributed by atoms with van der Waals surface area (Å²) in [6, 6.07) is 0. The van der Waals surface area contributed by atoms with Crippen molar-refractivity contribution in [3.05, 3.63) is 21.4 Å². The summed E-state index contributed by atoms with van der Waals surface area (Å²) in [7, 11) is -0.332. The Bertz CT molecular complexity index is 237. The highest BCUT2D eigenvalue weighted by Crippen LogP contribution is 2.53. The van der Waals surface area contributed by atoms with Gasteiger partial charge in [-0.2, -0.15) is 0 Å². The van der Waals surface area contributed by atoms with E-state index >= 15 is 0 Å². The Morgan fingerprint density at radius 1 is 1.70 bits per heavy atom. The minimum absolute atomic E-state index is 0.332. The summed E-state index contributed by atoms with van der Waals surface area (Å²) in [5, 5.41) is 10.8. The summed E-state index contributed by atoms with van der Waals surface area (Å²) in [4.78, 5) is 3.91. The van der Waals surface area contributed by atoms with E-state index in [1.54, 1.807) is 0 Å². The minimum Gasteiger partial charge on any atom is -0.228 e. The Balaban J connectivity index is 2.36. The van der Waals surface area contributed by atoms with E-state index in [1.165, 1.54) is 16.9 Å². The summed E-state index contributed by atoms with van der Waals surface area (Å²) in [6.07, 6.45) is 2.06. The van der Waals surface area contributed by atoms with Crippen LogP contribution >= 0.6 is 36.1 Å². The number of nitrogens with one attached hydrogen (secondary N) is 1. The van der Waals surface area contributed by atoms with Crippen LogP contribution in [-0.2, 0) is 0 Å². The summed E-state index contributed by atoms with van der Waals surface area (Å²) in [5.74, 6) is 0. The fourth-order valence-corrected chi connectivity index (χ4v) is 4.00. The lowest BCUT2D eigenvalue weighted by molar-refractivity contribution is 0.954. The molecule has 0 aromatic heterocycles. The number of allylic oxidation sites excluding steroid dienone is 1. The predicted molar refractivity (Wildman–Crippen MR) is 49.7 cm³/mol. The van der Waals surface area contributed by atoms with Gasteiger partial charge < -0.3 is 0 Å². The maximum atomic E-state index is 3.96. The molecule has 2 aliphatic rings. The average Bonchev–Trinajstić information content (AvgIpc) is 2.34. The van der Waals surface area contributed by atoms with Gasteiger partial charge in [-0.05, 0) is 26.3 Å². The van der Waals surface area contributed by atoms with E-state index in [4.69, 9.17) is 0 Å². The van der Waals surface area contributed by atoms with Crippen molar-refractivity contribution >= 4 is 36.1 Å². The summed E-state index contributed by atoms with van der Waals surface area (Å²) >= 11 is 5.01. The van der Waals surface area contributed by atoms with E-state index in [-0.39, 0.29) is 9.33 Å². The zero-order valence-corrected chi connectivity index (χ0v) is 8.08. The Kier molecular flexibility index (Phi) is 1.75. The van der Waals surface area contributed by atoms with Crippen molar-refractivity contribution in [3.63, 3.8) is 0 Å². The lowest BCUT2D eigenvalue weighted by atomic mass is 10.6. The van der Waals surface area contributed by atoms with E-state index in [0.29, 0.717) is 0 Å². The van der Waals surface area contributed by atoms with Crippen molar-refractivity contribution in [1.82, 2.24) is 4.83 Å². The highest BCUT2D eigenvalue weighted by Gasteiger charge is 2.18. The zero-order valence-electron chi connectivity index (χ0n) is 4.78. The molecule has 2 rings (SSSR count). The van der Waals surface area contributed by atoms with Crippen LogP contribution in [0.25, 0.3) is 0 Å². The second-order valence-electron chi connectivity index (χ2n) is 1.71. The van der Waals surface area contributed by atoms with Crippen molar-refractivity contribution in [2.75, 3.05) is 0 Å². The van der Waals surface area contributed by atoms with Gasteiger partial charge in [0, 0.05) is 11.9 Å². The highest BCUT2D eigenvalue weighted by molar-refractivity contribution is 9.55. The van der Waals surface area contributed by atoms with Crippen molar-refractivity contribution in [2.45, 2.75) is 0 Å². The number of thiol groups is 1. The van der Waals surface area contributed by atoms with Crippen LogP contribution in [-0.4, -0.2) is 0 Å². The van der Waals surface area contributed by atoms with Gasteiger partial charge in [0.15, 0.2) is 0 Å². The quantitative estimate of drug-likeness (QED) is 0.502. The van der Waals surface area contributed by atoms with Crippen LogP contribution in [0.5, 0.6) is 0 Å². The van der Waals surface area contributed by atoms with E-state index in [1.807, 2.05) is 0 Å². The van der Waals surface area contributed by atoms with Gasteiger partial charge in [0.25, 0.3) is 0 Å². The molecule has 0 aliphatic carbocycles. The van der Waals surface area contributed by atoms with Crippen molar-refractivity contribution in [2.24, 2.45) is 10.3 Å². The molecule has 54 valence electrons. The first-order valence-corrected chi connectivity index (χ1v) is 6.82. The third-order valence-electron chi connectivity index (χ3n) is 1.12. The summed E-state index contributed by atoms with van der Waals surface area (Å²) < 4.78 is 0. The molecule has 0 saturated heterocycles. The first kappa shape index (κ1) is 6.75. The average molecular weight is 238 g/mol. The van der Waals surface area contributed by atoms with Crippen molar-refractivity contribution in [3.8, 4) is 0 Å². The molecule has 0 radical (unpaired) electrons.